The first-order valence-electron chi connectivity index (χ1n) is 7.11. The lowest BCUT2D eigenvalue weighted by Crippen LogP contribution is -2.13. The monoisotopic (exact) mass is 305 g/mol. The van der Waals surface area contributed by atoms with Crippen molar-refractivity contribution in [1.82, 2.24) is 10.2 Å². The molecule has 1 amide bonds. The highest BCUT2D eigenvalue weighted by Crippen LogP contribution is 2.31. The van der Waals surface area contributed by atoms with E-state index in [9.17, 15) is 9.18 Å². The first kappa shape index (κ1) is 13.5. The average Bonchev–Trinajstić information content (AvgIpc) is 2.99. The van der Waals surface area contributed by atoms with E-state index in [1.54, 1.807) is 6.07 Å². The molecule has 1 heterocycles. The molecular formula is C18H12FN3O. The minimum atomic E-state index is -0.796. The summed E-state index contributed by atoms with van der Waals surface area (Å²) in [6.45, 7) is 0. The zero-order valence-corrected chi connectivity index (χ0v) is 12.0. The molecule has 0 saturated carbocycles. The fraction of sp³-hybridized carbons (Fsp3) is 0. The zero-order valence-electron chi connectivity index (χ0n) is 12.0. The molecule has 4 rings (SSSR count). The van der Waals surface area contributed by atoms with Gasteiger partial charge in [0.25, 0.3) is 5.91 Å². The van der Waals surface area contributed by atoms with Crippen LogP contribution in [0.2, 0.25) is 0 Å². The molecule has 0 atom stereocenters. The van der Waals surface area contributed by atoms with Gasteiger partial charge in [0.05, 0.1) is 16.5 Å². The molecule has 0 radical (unpaired) electrons. The Bertz CT molecular complexity index is 1070. The number of aromatic amines is 1. The summed E-state index contributed by atoms with van der Waals surface area (Å²) in [4.78, 5) is 11.4. The number of nitrogens with two attached hydrogens (primary N) is 1. The van der Waals surface area contributed by atoms with Gasteiger partial charge in [-0.25, -0.2) is 4.39 Å². The van der Waals surface area contributed by atoms with E-state index in [0.717, 1.165) is 16.3 Å². The summed E-state index contributed by atoms with van der Waals surface area (Å²) in [5, 5.41) is 9.42. The summed E-state index contributed by atoms with van der Waals surface area (Å²) in [7, 11) is 0. The molecule has 0 aliphatic heterocycles. The summed E-state index contributed by atoms with van der Waals surface area (Å²) in [6.07, 6.45) is 0. The fourth-order valence-corrected chi connectivity index (χ4v) is 2.81. The van der Waals surface area contributed by atoms with Crippen molar-refractivity contribution in [2.75, 3.05) is 0 Å². The van der Waals surface area contributed by atoms with Crippen molar-refractivity contribution >= 4 is 27.6 Å². The molecule has 3 N–H and O–H groups in total. The van der Waals surface area contributed by atoms with Crippen LogP contribution in [-0.2, 0) is 0 Å². The molecule has 0 aliphatic rings. The van der Waals surface area contributed by atoms with Gasteiger partial charge in [0.2, 0.25) is 0 Å². The molecule has 4 nitrogen and oxygen atoms in total. The lowest BCUT2D eigenvalue weighted by molar-refractivity contribution is 0.0997. The van der Waals surface area contributed by atoms with Gasteiger partial charge >= 0.3 is 0 Å². The van der Waals surface area contributed by atoms with Crippen molar-refractivity contribution < 1.29 is 9.18 Å². The molecule has 3 aromatic carbocycles. The van der Waals surface area contributed by atoms with Crippen molar-refractivity contribution in [3.63, 3.8) is 0 Å². The normalized spacial score (nSPS) is 11.2. The number of nitrogens with one attached hydrogen (secondary N) is 1. The number of carbonyl (C=O) groups excluding carboxylic acids is 1. The number of fused-ring (bicyclic) bond motifs is 2. The van der Waals surface area contributed by atoms with Gasteiger partial charge in [-0.1, -0.05) is 36.4 Å². The van der Waals surface area contributed by atoms with Crippen molar-refractivity contribution in [1.29, 1.82) is 0 Å². The molecular weight excluding hydrogens is 293 g/mol. The third kappa shape index (κ3) is 2.05. The van der Waals surface area contributed by atoms with Gasteiger partial charge in [0.1, 0.15) is 11.5 Å². The predicted octanol–water partition coefficient (Wildman–Crippen LogP) is 3.62. The molecule has 112 valence electrons. The first-order chi connectivity index (χ1) is 11.1. The molecule has 0 bridgehead atoms. The molecule has 4 aromatic rings. The number of carbonyl (C=O) groups is 1. The molecule has 5 heteroatoms. The molecule has 1 aromatic heterocycles. The van der Waals surface area contributed by atoms with E-state index in [1.807, 2.05) is 42.5 Å². The maximum atomic E-state index is 14.7. The largest absolute Gasteiger partial charge is 0.366 e. The SMILES string of the molecule is NC(=O)c1ccc2[nH]nc(-c3ccc4ccccc4c3)c2c1F. The number of aromatic nitrogens is 2. The number of rotatable bonds is 2. The Morgan fingerprint density at radius 3 is 2.61 bits per heavy atom. The number of nitrogens with zero attached hydrogens (tertiary/aromatic N) is 1. The van der Waals surface area contributed by atoms with Crippen molar-refractivity contribution in [3.05, 3.63) is 66.0 Å². The van der Waals surface area contributed by atoms with E-state index < -0.39 is 11.7 Å². The third-order valence-electron chi connectivity index (χ3n) is 3.96. The van der Waals surface area contributed by atoms with Crippen molar-refractivity contribution in [2.24, 2.45) is 5.73 Å². The summed E-state index contributed by atoms with van der Waals surface area (Å²) < 4.78 is 14.7. The third-order valence-corrected chi connectivity index (χ3v) is 3.96. The minimum Gasteiger partial charge on any atom is -0.366 e. The Morgan fingerprint density at radius 2 is 1.83 bits per heavy atom. The van der Waals surface area contributed by atoms with Crippen LogP contribution >= 0.6 is 0 Å². The number of hydrogen-bond donors (Lipinski definition) is 2. The van der Waals surface area contributed by atoms with Gasteiger partial charge in [-0.3, -0.25) is 9.89 Å². The lowest BCUT2D eigenvalue weighted by atomic mass is 10.0. The Morgan fingerprint density at radius 1 is 1.04 bits per heavy atom. The highest BCUT2D eigenvalue weighted by Gasteiger charge is 2.18. The maximum absolute atomic E-state index is 14.7. The van der Waals surface area contributed by atoms with Gasteiger partial charge < -0.3 is 5.73 Å². The zero-order chi connectivity index (χ0) is 16.0. The number of primary amides is 1. The first-order valence-corrected chi connectivity index (χ1v) is 7.11. The van der Waals surface area contributed by atoms with E-state index in [-0.39, 0.29) is 10.9 Å². The molecule has 0 fully saturated rings. The van der Waals surface area contributed by atoms with Crippen LogP contribution in [0, 0.1) is 5.82 Å². The Kier molecular flexibility index (Phi) is 2.87. The minimum absolute atomic E-state index is 0.138. The van der Waals surface area contributed by atoms with E-state index in [4.69, 9.17) is 5.73 Å². The summed E-state index contributed by atoms with van der Waals surface area (Å²) in [5.41, 5.74) is 6.85. The van der Waals surface area contributed by atoms with E-state index in [0.29, 0.717) is 11.2 Å². The summed E-state index contributed by atoms with van der Waals surface area (Å²) in [5.74, 6) is -1.44. The van der Waals surface area contributed by atoms with Gasteiger partial charge in [-0.15, -0.1) is 0 Å². The van der Waals surface area contributed by atoms with Gasteiger partial charge in [-0.05, 0) is 29.0 Å². The Balaban J connectivity index is 2.00. The van der Waals surface area contributed by atoms with Gasteiger partial charge in [-0.2, -0.15) is 5.10 Å². The second-order valence-corrected chi connectivity index (χ2v) is 5.35. The number of H-pyrrole nitrogens is 1. The standard InChI is InChI=1S/C18H12FN3O/c19-16-13(18(20)23)7-8-14-15(16)17(22-21-14)12-6-5-10-3-1-2-4-11(10)9-12/h1-9H,(H2,20,23)(H,21,22). The van der Waals surface area contributed by atoms with Crippen LogP contribution in [0.1, 0.15) is 10.4 Å². The highest BCUT2D eigenvalue weighted by molar-refractivity contribution is 6.02. The lowest BCUT2D eigenvalue weighted by Gasteiger charge is -2.04. The second-order valence-electron chi connectivity index (χ2n) is 5.35. The molecule has 0 aliphatic carbocycles. The molecule has 0 unspecified atom stereocenters. The van der Waals surface area contributed by atoms with Crippen LogP contribution in [0.15, 0.2) is 54.6 Å². The summed E-state index contributed by atoms with van der Waals surface area (Å²) >= 11 is 0. The predicted molar refractivity (Wildman–Crippen MR) is 87.5 cm³/mol. The summed E-state index contributed by atoms with van der Waals surface area (Å²) in [6, 6.07) is 16.7. The molecule has 23 heavy (non-hydrogen) atoms. The Hall–Kier alpha value is -3.21. The van der Waals surface area contributed by atoms with Crippen LogP contribution in [0.3, 0.4) is 0 Å². The highest BCUT2D eigenvalue weighted by atomic mass is 19.1. The van der Waals surface area contributed by atoms with Crippen LogP contribution in [0.5, 0.6) is 0 Å². The number of amides is 1. The molecule has 0 spiro atoms. The number of benzene rings is 3. The average molecular weight is 305 g/mol. The number of halogens is 1. The van der Waals surface area contributed by atoms with Gasteiger partial charge in [0.15, 0.2) is 0 Å². The fourth-order valence-electron chi connectivity index (χ4n) is 2.81. The van der Waals surface area contributed by atoms with E-state index >= 15 is 0 Å². The quantitative estimate of drug-likeness (QED) is 0.593. The van der Waals surface area contributed by atoms with Crippen molar-refractivity contribution in [2.45, 2.75) is 0 Å². The van der Waals surface area contributed by atoms with Gasteiger partial charge in [0, 0.05) is 5.56 Å². The second kappa shape index (κ2) is 4.91. The van der Waals surface area contributed by atoms with Crippen LogP contribution < -0.4 is 5.73 Å². The van der Waals surface area contributed by atoms with Crippen molar-refractivity contribution in [3.8, 4) is 11.3 Å². The van der Waals surface area contributed by atoms with Crippen LogP contribution in [0.25, 0.3) is 32.9 Å². The van der Waals surface area contributed by atoms with E-state index in [1.165, 1.54) is 6.07 Å². The Labute approximate surface area is 130 Å². The smallest absolute Gasteiger partial charge is 0.251 e. The van der Waals surface area contributed by atoms with E-state index in [2.05, 4.69) is 10.2 Å². The van der Waals surface area contributed by atoms with Crippen LogP contribution in [0.4, 0.5) is 4.39 Å². The molecule has 0 saturated heterocycles. The maximum Gasteiger partial charge on any atom is 0.251 e. The topological polar surface area (TPSA) is 71.8 Å². The number of hydrogen-bond acceptors (Lipinski definition) is 2. The van der Waals surface area contributed by atoms with Crippen LogP contribution in [-0.4, -0.2) is 16.1 Å².